The molecule has 58 heavy (non-hydrogen) atoms. The third-order valence-corrected chi connectivity index (χ3v) is 8.89. The molecule has 6 rings (SSSR count). The summed E-state index contributed by atoms with van der Waals surface area (Å²) in [6, 6.07) is 13.9. The quantitative estimate of drug-likeness (QED) is 0.0597. The van der Waals surface area contributed by atoms with Crippen LogP contribution in [-0.2, 0) is 9.84 Å². The van der Waals surface area contributed by atoms with Gasteiger partial charge in [-0.3, -0.25) is 19.6 Å². The lowest BCUT2D eigenvalue weighted by atomic mass is 10.1. The summed E-state index contributed by atoms with van der Waals surface area (Å²) in [5.41, 5.74) is 9.79. The number of hydrogen-bond donors (Lipinski definition) is 6. The maximum absolute atomic E-state index is 12.0. The van der Waals surface area contributed by atoms with E-state index in [9.17, 15) is 18.0 Å². The number of pyridine rings is 4. The number of nitrogens with two attached hydrogens (primary N) is 1. The molecule has 0 fully saturated rings. The van der Waals surface area contributed by atoms with Gasteiger partial charge in [0.1, 0.15) is 40.7 Å². The molecule has 0 amide bonds. The number of carbonyl (C=O) groups is 2. The molecular formula is C39H46N14O4S. The molecular weight excluding hydrogens is 761 g/mol. The molecule has 0 bridgehead atoms. The zero-order valence-electron chi connectivity index (χ0n) is 33.6. The van der Waals surface area contributed by atoms with E-state index in [0.29, 0.717) is 57.4 Å². The third kappa shape index (κ3) is 12.0. The average molecular weight is 807 g/mol. The largest absolute Gasteiger partial charge is 0.373 e. The number of rotatable bonds is 12. The van der Waals surface area contributed by atoms with E-state index in [-0.39, 0.29) is 22.4 Å². The van der Waals surface area contributed by atoms with Crippen LogP contribution in [0, 0.1) is 27.7 Å². The molecule has 0 saturated carbocycles. The van der Waals surface area contributed by atoms with E-state index in [1.807, 2.05) is 39.0 Å². The molecule has 6 aromatic heterocycles. The molecule has 0 unspecified atom stereocenters. The van der Waals surface area contributed by atoms with Crippen LogP contribution < -0.4 is 32.3 Å². The molecule has 0 radical (unpaired) electrons. The molecule has 0 spiro atoms. The van der Waals surface area contributed by atoms with E-state index < -0.39 is 9.84 Å². The minimum absolute atomic E-state index is 0.0755. The van der Waals surface area contributed by atoms with Crippen molar-refractivity contribution in [1.82, 2.24) is 39.9 Å². The van der Waals surface area contributed by atoms with Crippen molar-refractivity contribution in [3.05, 3.63) is 107 Å². The number of anilines is 9. The van der Waals surface area contributed by atoms with Crippen LogP contribution in [-0.4, -0.2) is 80.2 Å². The van der Waals surface area contributed by atoms with Crippen molar-refractivity contribution in [3.63, 3.8) is 0 Å². The van der Waals surface area contributed by atoms with Crippen LogP contribution in [0.3, 0.4) is 0 Å². The minimum Gasteiger partial charge on any atom is -0.373 e. The predicted molar refractivity (Wildman–Crippen MR) is 226 cm³/mol. The highest BCUT2D eigenvalue weighted by atomic mass is 32.2. The molecule has 6 aromatic rings. The van der Waals surface area contributed by atoms with Crippen LogP contribution in [0.5, 0.6) is 0 Å². The monoisotopic (exact) mass is 806 g/mol. The molecule has 19 heteroatoms. The van der Waals surface area contributed by atoms with Crippen molar-refractivity contribution in [3.8, 4) is 0 Å². The fourth-order valence-corrected chi connectivity index (χ4v) is 5.78. The number of hydrogen-bond acceptors (Lipinski definition) is 18. The molecule has 0 aliphatic rings. The fraction of sp³-hybridized carbons (Fsp3) is 0.231. The van der Waals surface area contributed by atoms with Gasteiger partial charge in [0.05, 0.1) is 45.3 Å². The van der Waals surface area contributed by atoms with Gasteiger partial charge in [-0.1, -0.05) is 0 Å². The zero-order valence-corrected chi connectivity index (χ0v) is 34.4. The van der Waals surface area contributed by atoms with Gasteiger partial charge in [0.2, 0.25) is 0 Å². The van der Waals surface area contributed by atoms with E-state index in [2.05, 4.69) is 72.2 Å². The Morgan fingerprint density at radius 2 is 1.00 bits per heavy atom. The second-order valence-corrected chi connectivity index (χ2v) is 14.4. The molecule has 0 aliphatic heterocycles. The Bertz CT molecular complexity index is 2530. The molecule has 0 atom stereocenters. The van der Waals surface area contributed by atoms with Gasteiger partial charge in [-0.25, -0.2) is 38.3 Å². The van der Waals surface area contributed by atoms with Gasteiger partial charge in [0.25, 0.3) is 0 Å². The van der Waals surface area contributed by atoms with Gasteiger partial charge in [-0.2, -0.15) is 0 Å². The zero-order chi connectivity index (χ0) is 42.6. The van der Waals surface area contributed by atoms with Crippen LogP contribution in [0.2, 0.25) is 0 Å². The first kappa shape index (κ1) is 43.7. The van der Waals surface area contributed by atoms with E-state index in [0.717, 1.165) is 29.0 Å². The van der Waals surface area contributed by atoms with Crippen molar-refractivity contribution in [2.24, 2.45) is 5.73 Å². The van der Waals surface area contributed by atoms with Crippen molar-refractivity contribution in [2.75, 3.05) is 46.9 Å². The molecule has 0 aromatic carbocycles. The maximum atomic E-state index is 12.0. The predicted octanol–water partition coefficient (Wildman–Crippen LogP) is 6.17. The number of sulfone groups is 1. The van der Waals surface area contributed by atoms with Crippen LogP contribution >= 0.6 is 0 Å². The first-order valence-corrected chi connectivity index (χ1v) is 19.6. The number of nitrogens with one attached hydrogen (secondary N) is 5. The summed E-state index contributed by atoms with van der Waals surface area (Å²) >= 11 is 0. The van der Waals surface area contributed by atoms with Crippen molar-refractivity contribution in [2.45, 2.75) is 46.6 Å². The number of aromatic nitrogens is 8. The van der Waals surface area contributed by atoms with E-state index in [1.165, 1.54) is 33.2 Å². The number of Topliss-reactive ketones (excluding diaryl/α,β-unsaturated/α-hetero) is 2. The Balaban J connectivity index is 0.000000247. The minimum atomic E-state index is -3.49. The third-order valence-electron chi connectivity index (χ3n) is 7.92. The van der Waals surface area contributed by atoms with Crippen LogP contribution in [0.1, 0.15) is 57.6 Å². The maximum Gasteiger partial charge on any atom is 0.192 e. The average Bonchev–Trinajstić information content (AvgIpc) is 3.17. The molecule has 6 heterocycles. The van der Waals surface area contributed by atoms with E-state index in [1.54, 1.807) is 56.8 Å². The van der Waals surface area contributed by atoms with Gasteiger partial charge in [0, 0.05) is 62.4 Å². The molecule has 7 N–H and O–H groups in total. The summed E-state index contributed by atoms with van der Waals surface area (Å²) in [5.74, 6) is 3.26. The lowest BCUT2D eigenvalue weighted by Gasteiger charge is -2.14. The molecule has 18 nitrogen and oxygen atoms in total. The van der Waals surface area contributed by atoms with Gasteiger partial charge in [0.15, 0.2) is 26.4 Å². The van der Waals surface area contributed by atoms with Crippen molar-refractivity contribution < 1.29 is 18.0 Å². The SMILES string of the molecule is CC(=O)c1cnc(Nc2cc(S(C)(=O)=O)nc(C)n2)cc1Nc1cccnc1C.CN.CNc1cc(Nc2cc(Nc3cccnc3C)c(C(C)=O)cn2)nc(C)n1. The summed E-state index contributed by atoms with van der Waals surface area (Å²) < 4.78 is 23.6. The summed E-state index contributed by atoms with van der Waals surface area (Å²) in [7, 11) is -0.192. The number of ketones is 2. The number of carbonyl (C=O) groups excluding carboxylic acids is 2. The Labute approximate surface area is 337 Å². The topological polar surface area (TPSA) is 258 Å². The van der Waals surface area contributed by atoms with Gasteiger partial charge >= 0.3 is 0 Å². The first-order chi connectivity index (χ1) is 27.6. The summed E-state index contributed by atoms with van der Waals surface area (Å²) in [6.07, 6.45) is 7.48. The van der Waals surface area contributed by atoms with Crippen LogP contribution in [0.4, 0.5) is 51.8 Å². The summed E-state index contributed by atoms with van der Waals surface area (Å²) in [6.45, 7) is 10.1. The van der Waals surface area contributed by atoms with Crippen molar-refractivity contribution in [1.29, 1.82) is 0 Å². The van der Waals surface area contributed by atoms with Gasteiger partial charge < -0.3 is 32.3 Å². The highest BCUT2D eigenvalue weighted by molar-refractivity contribution is 7.90. The fourth-order valence-electron chi connectivity index (χ4n) is 5.15. The van der Waals surface area contributed by atoms with Gasteiger partial charge in [-0.15, -0.1) is 0 Å². The van der Waals surface area contributed by atoms with Gasteiger partial charge in [-0.05, 0) is 72.9 Å². The lowest BCUT2D eigenvalue weighted by Crippen LogP contribution is -2.08. The normalized spacial score (nSPS) is 10.5. The first-order valence-electron chi connectivity index (χ1n) is 17.7. The molecule has 302 valence electrons. The Hall–Kier alpha value is -6.99. The molecule has 0 saturated heterocycles. The standard InChI is InChI=1S/C19H21N7O.C19H20N6O3S.CH5N/c1-11-15(6-5-7-21-11)25-16-8-18(22-10-14(16)12(2)27)26-19-9-17(20-4)23-13(3)24-19;1-11-15(6-5-7-20-11)24-16-8-17(21-10-14(16)12(2)26)25-18-9-19(29(4,27)28)23-13(3)22-18;1-2/h5-10H,1-4H3,(H3,20,22,23,24,25,26);5-10H,1-4H3,(H2,21,22,23,24,25);2H2,1H3. The summed E-state index contributed by atoms with van der Waals surface area (Å²) in [5, 5.41) is 15.5. The van der Waals surface area contributed by atoms with E-state index >= 15 is 0 Å². The van der Waals surface area contributed by atoms with Crippen LogP contribution in [0.15, 0.2) is 78.3 Å². The number of nitrogens with zero attached hydrogens (tertiary/aromatic N) is 8. The van der Waals surface area contributed by atoms with E-state index in [4.69, 9.17) is 0 Å². The van der Waals surface area contributed by atoms with Crippen LogP contribution in [0.25, 0.3) is 0 Å². The molecule has 0 aliphatic carbocycles. The Kier molecular flexibility index (Phi) is 14.9. The Morgan fingerprint density at radius 3 is 1.41 bits per heavy atom. The Morgan fingerprint density at radius 1 is 0.569 bits per heavy atom. The second kappa shape index (κ2) is 19.7. The number of aryl methyl sites for hydroxylation is 4. The lowest BCUT2D eigenvalue weighted by molar-refractivity contribution is 0.100. The highest BCUT2D eigenvalue weighted by Gasteiger charge is 2.16. The van der Waals surface area contributed by atoms with Crippen molar-refractivity contribution >= 4 is 73.2 Å². The highest BCUT2D eigenvalue weighted by Crippen LogP contribution is 2.28. The summed E-state index contributed by atoms with van der Waals surface area (Å²) in [4.78, 5) is 57.9. The second-order valence-electron chi connectivity index (χ2n) is 12.5. The smallest absolute Gasteiger partial charge is 0.192 e.